The number of ether oxygens (including phenoxy) is 1. The molecule has 94 valence electrons. The summed E-state index contributed by atoms with van der Waals surface area (Å²) in [5.74, 6) is 0.215. The average molecular weight is 228 g/mol. The summed E-state index contributed by atoms with van der Waals surface area (Å²) in [4.78, 5) is 11.6. The quantitative estimate of drug-likeness (QED) is 0.709. The van der Waals surface area contributed by atoms with Gasteiger partial charge in [-0.1, -0.05) is 0 Å². The highest BCUT2D eigenvalue weighted by molar-refractivity contribution is 5.70. The Kier molecular flexibility index (Phi) is 4.74. The van der Waals surface area contributed by atoms with Gasteiger partial charge in [0.25, 0.3) is 0 Å². The lowest BCUT2D eigenvalue weighted by atomic mass is 9.90. The van der Waals surface area contributed by atoms with Gasteiger partial charge in [0.2, 0.25) is 0 Å². The molecule has 1 rings (SSSR count). The molecule has 0 aromatic rings. The third-order valence-corrected chi connectivity index (χ3v) is 2.76. The maximum absolute atomic E-state index is 11.6. The largest absolute Gasteiger partial charge is 0.460 e. The van der Waals surface area contributed by atoms with E-state index < -0.39 is 5.60 Å². The number of carbonyl (C=O) groups excluding carboxylic acids is 1. The first-order chi connectivity index (χ1) is 7.38. The first kappa shape index (κ1) is 13.5. The first-order valence-corrected chi connectivity index (χ1v) is 6.06. The van der Waals surface area contributed by atoms with Crippen LogP contribution in [0.4, 0.5) is 0 Å². The summed E-state index contributed by atoms with van der Waals surface area (Å²) in [6.45, 7) is 7.61. The highest BCUT2D eigenvalue weighted by atomic mass is 16.6. The van der Waals surface area contributed by atoms with Crippen molar-refractivity contribution in [3.05, 3.63) is 0 Å². The number of nitrogens with one attached hydrogen (secondary N) is 1. The molecule has 4 heteroatoms. The minimum atomic E-state index is -0.415. The van der Waals surface area contributed by atoms with Gasteiger partial charge in [0.05, 0.1) is 6.42 Å². The lowest BCUT2D eigenvalue weighted by molar-refractivity contribution is -0.155. The zero-order valence-corrected chi connectivity index (χ0v) is 10.6. The van der Waals surface area contributed by atoms with E-state index in [0.717, 1.165) is 25.9 Å². The molecule has 0 bridgehead atoms. The molecular formula is C12H24N2O2. The molecule has 0 radical (unpaired) electrons. The zero-order valence-electron chi connectivity index (χ0n) is 10.6. The molecule has 2 unspecified atom stereocenters. The first-order valence-electron chi connectivity index (χ1n) is 6.06. The predicted octanol–water partition coefficient (Wildman–Crippen LogP) is 1.05. The predicted molar refractivity (Wildman–Crippen MR) is 64.0 cm³/mol. The van der Waals surface area contributed by atoms with E-state index >= 15 is 0 Å². The van der Waals surface area contributed by atoms with Crippen LogP contribution in [0.15, 0.2) is 0 Å². The molecule has 0 aromatic heterocycles. The van der Waals surface area contributed by atoms with Crippen molar-refractivity contribution >= 4 is 5.97 Å². The maximum atomic E-state index is 11.6. The third kappa shape index (κ3) is 4.94. The van der Waals surface area contributed by atoms with Crippen molar-refractivity contribution in [2.75, 3.05) is 13.1 Å². The molecule has 0 amide bonds. The van der Waals surface area contributed by atoms with Crippen LogP contribution in [0.3, 0.4) is 0 Å². The van der Waals surface area contributed by atoms with Crippen molar-refractivity contribution in [1.29, 1.82) is 0 Å². The summed E-state index contributed by atoms with van der Waals surface area (Å²) in [6.07, 6.45) is 2.58. The van der Waals surface area contributed by atoms with Crippen molar-refractivity contribution < 1.29 is 9.53 Å². The molecular weight excluding hydrogens is 204 g/mol. The second kappa shape index (κ2) is 5.64. The molecule has 3 N–H and O–H groups in total. The van der Waals surface area contributed by atoms with Crippen LogP contribution in [0.2, 0.25) is 0 Å². The fourth-order valence-electron chi connectivity index (χ4n) is 1.99. The van der Waals surface area contributed by atoms with Crippen LogP contribution >= 0.6 is 0 Å². The van der Waals surface area contributed by atoms with Crippen LogP contribution in [0.25, 0.3) is 0 Å². The van der Waals surface area contributed by atoms with Gasteiger partial charge < -0.3 is 15.8 Å². The van der Waals surface area contributed by atoms with E-state index in [4.69, 9.17) is 10.5 Å². The molecule has 0 aromatic carbocycles. The number of piperidine rings is 1. The van der Waals surface area contributed by atoms with Gasteiger partial charge in [0.15, 0.2) is 0 Å². The number of hydrogen-bond acceptors (Lipinski definition) is 4. The van der Waals surface area contributed by atoms with E-state index in [-0.39, 0.29) is 12.0 Å². The van der Waals surface area contributed by atoms with E-state index in [2.05, 4.69) is 5.32 Å². The van der Waals surface area contributed by atoms with Gasteiger partial charge >= 0.3 is 5.97 Å². The Hall–Kier alpha value is -0.610. The Morgan fingerprint density at radius 2 is 2.25 bits per heavy atom. The Labute approximate surface area is 97.9 Å². The highest BCUT2D eigenvalue weighted by Gasteiger charge is 2.25. The fraction of sp³-hybridized carbons (Fsp3) is 0.917. The van der Waals surface area contributed by atoms with Crippen molar-refractivity contribution in [3.8, 4) is 0 Å². The summed E-state index contributed by atoms with van der Waals surface area (Å²) >= 11 is 0. The van der Waals surface area contributed by atoms with Gasteiger partial charge in [-0.15, -0.1) is 0 Å². The summed E-state index contributed by atoms with van der Waals surface area (Å²) in [6, 6.07) is -0.0809. The van der Waals surface area contributed by atoms with Gasteiger partial charge in [-0.2, -0.15) is 0 Å². The lowest BCUT2D eigenvalue weighted by Crippen LogP contribution is -2.42. The van der Waals surface area contributed by atoms with E-state index in [9.17, 15) is 4.79 Å². The molecule has 0 spiro atoms. The lowest BCUT2D eigenvalue weighted by Gasteiger charge is -2.28. The van der Waals surface area contributed by atoms with Crippen molar-refractivity contribution in [2.45, 2.75) is 51.7 Å². The normalized spacial score (nSPS) is 23.9. The van der Waals surface area contributed by atoms with Crippen molar-refractivity contribution in [2.24, 2.45) is 11.7 Å². The molecule has 16 heavy (non-hydrogen) atoms. The molecule has 1 heterocycles. The van der Waals surface area contributed by atoms with Crippen LogP contribution in [-0.2, 0) is 9.53 Å². The van der Waals surface area contributed by atoms with Gasteiger partial charge in [0, 0.05) is 6.04 Å². The minimum absolute atomic E-state index is 0.0809. The van der Waals surface area contributed by atoms with Crippen LogP contribution in [0.1, 0.15) is 40.0 Å². The topological polar surface area (TPSA) is 64.3 Å². The fourth-order valence-corrected chi connectivity index (χ4v) is 1.99. The number of carbonyl (C=O) groups is 1. The van der Waals surface area contributed by atoms with Crippen LogP contribution in [0.5, 0.6) is 0 Å². The van der Waals surface area contributed by atoms with E-state index in [1.54, 1.807) is 0 Å². The van der Waals surface area contributed by atoms with E-state index in [1.165, 1.54) is 0 Å². The van der Waals surface area contributed by atoms with Gasteiger partial charge in [-0.3, -0.25) is 4.79 Å². The summed E-state index contributed by atoms with van der Waals surface area (Å²) < 4.78 is 5.26. The second-order valence-electron chi connectivity index (χ2n) is 5.56. The third-order valence-electron chi connectivity index (χ3n) is 2.76. The highest BCUT2D eigenvalue weighted by Crippen LogP contribution is 2.17. The number of nitrogens with two attached hydrogens (primary N) is 1. The Balaban J connectivity index is 2.32. The SMILES string of the molecule is CC(C)(C)OC(=O)CC(N)C1CCCNC1. The molecule has 1 fully saturated rings. The van der Waals surface area contributed by atoms with Crippen LogP contribution in [0, 0.1) is 5.92 Å². The van der Waals surface area contributed by atoms with Gasteiger partial charge in [0.1, 0.15) is 5.60 Å². The standard InChI is InChI=1S/C12H24N2O2/c1-12(2,3)16-11(15)7-10(13)9-5-4-6-14-8-9/h9-10,14H,4-8,13H2,1-3H3. The molecule has 2 atom stereocenters. The maximum Gasteiger partial charge on any atom is 0.307 e. The van der Waals surface area contributed by atoms with E-state index in [1.807, 2.05) is 20.8 Å². The molecule has 0 saturated carbocycles. The molecule has 1 aliphatic rings. The van der Waals surface area contributed by atoms with Gasteiger partial charge in [-0.05, 0) is 52.6 Å². The number of rotatable bonds is 3. The Morgan fingerprint density at radius 3 is 2.75 bits per heavy atom. The number of hydrogen-bond donors (Lipinski definition) is 2. The summed E-state index contributed by atoms with van der Waals surface area (Å²) in [5, 5.41) is 3.31. The Bertz CT molecular complexity index is 230. The molecule has 4 nitrogen and oxygen atoms in total. The van der Waals surface area contributed by atoms with Crippen molar-refractivity contribution in [3.63, 3.8) is 0 Å². The molecule has 0 aliphatic carbocycles. The van der Waals surface area contributed by atoms with Crippen molar-refractivity contribution in [1.82, 2.24) is 5.32 Å². The minimum Gasteiger partial charge on any atom is -0.460 e. The van der Waals surface area contributed by atoms with Crippen LogP contribution < -0.4 is 11.1 Å². The molecule has 1 aliphatic heterocycles. The van der Waals surface area contributed by atoms with Gasteiger partial charge in [-0.25, -0.2) is 0 Å². The zero-order chi connectivity index (χ0) is 12.2. The number of esters is 1. The Morgan fingerprint density at radius 1 is 1.56 bits per heavy atom. The second-order valence-corrected chi connectivity index (χ2v) is 5.56. The summed E-state index contributed by atoms with van der Waals surface area (Å²) in [7, 11) is 0. The molecule has 1 saturated heterocycles. The van der Waals surface area contributed by atoms with Crippen LogP contribution in [-0.4, -0.2) is 30.7 Å². The van der Waals surface area contributed by atoms with E-state index in [0.29, 0.717) is 12.3 Å². The summed E-state index contributed by atoms with van der Waals surface area (Å²) in [5.41, 5.74) is 5.61. The monoisotopic (exact) mass is 228 g/mol. The average Bonchev–Trinajstić information content (AvgIpc) is 2.16. The smallest absolute Gasteiger partial charge is 0.307 e.